The van der Waals surface area contributed by atoms with Crippen LogP contribution in [0.2, 0.25) is 5.02 Å². The molecule has 6 heteroatoms. The van der Waals surface area contributed by atoms with E-state index in [4.69, 9.17) is 11.6 Å². The predicted molar refractivity (Wildman–Crippen MR) is 109 cm³/mol. The number of aldehydes is 1. The first-order valence-corrected chi connectivity index (χ1v) is 9.00. The maximum atomic E-state index is 14.4. The highest BCUT2D eigenvalue weighted by Crippen LogP contribution is 2.30. The zero-order valence-corrected chi connectivity index (χ0v) is 16.3. The van der Waals surface area contributed by atoms with Gasteiger partial charge in [-0.05, 0) is 25.1 Å². The summed E-state index contributed by atoms with van der Waals surface area (Å²) in [5.41, 5.74) is 2.49. The molecule has 140 valence electrons. The number of carbonyl (C=O) groups excluding carboxylic acids is 1. The second-order valence-corrected chi connectivity index (χ2v) is 5.79. The summed E-state index contributed by atoms with van der Waals surface area (Å²) in [7, 11) is 0. The first-order chi connectivity index (χ1) is 13.1. The third-order valence-electron chi connectivity index (χ3n) is 3.82. The SMILES string of the molecule is C=C/C=C(C1=NCc2nc(C=O)cn2-c2ccc(Cl)cc21)\C(F)=C/C.CC. The van der Waals surface area contributed by atoms with E-state index in [1.165, 1.54) is 12.2 Å². The first-order valence-electron chi connectivity index (χ1n) is 8.62. The van der Waals surface area contributed by atoms with E-state index in [9.17, 15) is 9.18 Å². The van der Waals surface area contributed by atoms with Crippen molar-refractivity contribution in [3.63, 3.8) is 0 Å². The van der Waals surface area contributed by atoms with E-state index < -0.39 is 5.83 Å². The quantitative estimate of drug-likeness (QED) is 0.504. The lowest BCUT2D eigenvalue weighted by molar-refractivity contribution is 0.111. The van der Waals surface area contributed by atoms with Gasteiger partial charge in [0.2, 0.25) is 0 Å². The molecule has 4 nitrogen and oxygen atoms in total. The Balaban J connectivity index is 0.00000126. The molecule has 0 atom stereocenters. The zero-order chi connectivity index (χ0) is 20.0. The maximum Gasteiger partial charge on any atom is 0.170 e. The molecule has 0 aliphatic carbocycles. The molecule has 1 aliphatic rings. The Kier molecular flexibility index (Phi) is 7.02. The minimum Gasteiger partial charge on any atom is -0.301 e. The summed E-state index contributed by atoms with van der Waals surface area (Å²) in [6.45, 7) is 9.48. The van der Waals surface area contributed by atoms with Gasteiger partial charge in [-0.1, -0.05) is 50.3 Å². The highest BCUT2D eigenvalue weighted by molar-refractivity contribution is 6.31. The van der Waals surface area contributed by atoms with Gasteiger partial charge in [-0.15, -0.1) is 0 Å². The van der Waals surface area contributed by atoms with E-state index in [2.05, 4.69) is 16.6 Å². The normalized spacial score (nSPS) is 13.4. The number of nitrogens with zero attached hydrogens (tertiary/aromatic N) is 3. The van der Waals surface area contributed by atoms with Crippen LogP contribution in [0, 0.1) is 0 Å². The van der Waals surface area contributed by atoms with Gasteiger partial charge < -0.3 is 4.57 Å². The fourth-order valence-electron chi connectivity index (χ4n) is 2.73. The summed E-state index contributed by atoms with van der Waals surface area (Å²) in [5, 5.41) is 0.504. The third kappa shape index (κ3) is 4.14. The van der Waals surface area contributed by atoms with Gasteiger partial charge in [0.05, 0.1) is 17.9 Å². The van der Waals surface area contributed by atoms with Crippen LogP contribution in [0.3, 0.4) is 0 Å². The number of allylic oxidation sites excluding steroid dienone is 5. The molecule has 0 saturated heterocycles. The van der Waals surface area contributed by atoms with Crippen LogP contribution in [0.25, 0.3) is 5.69 Å². The lowest BCUT2D eigenvalue weighted by atomic mass is 9.98. The Morgan fingerprint density at radius 3 is 2.74 bits per heavy atom. The molecule has 1 aliphatic heterocycles. The topological polar surface area (TPSA) is 47.2 Å². The van der Waals surface area contributed by atoms with Crippen LogP contribution in [0.5, 0.6) is 0 Å². The Bertz CT molecular complexity index is 954. The molecule has 0 bridgehead atoms. The van der Waals surface area contributed by atoms with Crippen molar-refractivity contribution in [2.24, 2.45) is 4.99 Å². The van der Waals surface area contributed by atoms with Crippen molar-refractivity contribution in [3.8, 4) is 5.69 Å². The molecule has 0 fully saturated rings. The molecule has 0 saturated carbocycles. The highest BCUT2D eigenvalue weighted by Gasteiger charge is 2.23. The number of halogens is 2. The van der Waals surface area contributed by atoms with E-state index in [1.807, 2.05) is 13.8 Å². The van der Waals surface area contributed by atoms with Crippen molar-refractivity contribution in [1.82, 2.24) is 9.55 Å². The van der Waals surface area contributed by atoms with Crippen LogP contribution in [0.15, 0.2) is 65.6 Å². The minimum absolute atomic E-state index is 0.209. The molecule has 1 aromatic heterocycles. The lowest BCUT2D eigenvalue weighted by Crippen LogP contribution is -2.09. The molecular weight excluding hydrogens is 365 g/mol. The standard InChI is InChI=1S/C19H15ClFN3O.C2H6/c1-3-5-14(16(21)4-2)19-15-8-12(20)6-7-17(15)24-10-13(11-25)23-18(24)9-22-19;1-2/h3-8,10-11H,1,9H2,2H3;1-2H3/b14-5+,16-4+;. The molecule has 0 spiro atoms. The van der Waals surface area contributed by atoms with Crippen molar-refractivity contribution < 1.29 is 9.18 Å². The second kappa shape index (κ2) is 9.24. The summed E-state index contributed by atoms with van der Waals surface area (Å²) in [6.07, 6.45) is 6.78. The molecular formula is C21H21ClFN3O. The maximum absolute atomic E-state index is 14.4. The van der Waals surface area contributed by atoms with Gasteiger partial charge in [0, 0.05) is 22.4 Å². The lowest BCUT2D eigenvalue weighted by Gasteiger charge is -2.13. The first kappa shape index (κ1) is 20.5. The van der Waals surface area contributed by atoms with Crippen molar-refractivity contribution in [1.29, 1.82) is 0 Å². The van der Waals surface area contributed by atoms with Gasteiger partial charge in [0.25, 0.3) is 0 Å². The van der Waals surface area contributed by atoms with E-state index in [1.54, 1.807) is 42.0 Å². The fourth-order valence-corrected chi connectivity index (χ4v) is 2.91. The number of benzene rings is 1. The van der Waals surface area contributed by atoms with Gasteiger partial charge in [0.15, 0.2) is 6.29 Å². The number of aliphatic imine (C=N–C) groups is 1. The summed E-state index contributed by atoms with van der Waals surface area (Å²) < 4.78 is 16.2. The molecule has 1 aromatic carbocycles. The number of hydrogen-bond donors (Lipinski definition) is 0. The number of fused-ring (bicyclic) bond motifs is 3. The van der Waals surface area contributed by atoms with E-state index in [-0.39, 0.29) is 6.54 Å². The number of imidazole rings is 1. The van der Waals surface area contributed by atoms with Gasteiger partial charge in [-0.3, -0.25) is 9.79 Å². The molecule has 2 heterocycles. The number of aromatic nitrogens is 2. The third-order valence-corrected chi connectivity index (χ3v) is 4.06. The number of rotatable bonds is 4. The Hall–Kier alpha value is -2.79. The molecule has 0 amide bonds. The van der Waals surface area contributed by atoms with Crippen LogP contribution in [0.1, 0.15) is 42.6 Å². The van der Waals surface area contributed by atoms with Crippen LogP contribution < -0.4 is 0 Å². The second-order valence-electron chi connectivity index (χ2n) is 5.35. The van der Waals surface area contributed by atoms with Crippen LogP contribution in [-0.4, -0.2) is 21.5 Å². The molecule has 3 rings (SSSR count). The highest BCUT2D eigenvalue weighted by atomic mass is 35.5. The van der Waals surface area contributed by atoms with E-state index in [0.717, 1.165) is 5.69 Å². The molecule has 0 N–H and O–H groups in total. The van der Waals surface area contributed by atoms with Gasteiger partial charge in [-0.2, -0.15) is 0 Å². The monoisotopic (exact) mass is 385 g/mol. The Morgan fingerprint density at radius 1 is 1.37 bits per heavy atom. The van der Waals surface area contributed by atoms with Gasteiger partial charge >= 0.3 is 0 Å². The van der Waals surface area contributed by atoms with Crippen molar-refractivity contribution in [2.45, 2.75) is 27.3 Å². The summed E-state index contributed by atoms with van der Waals surface area (Å²) in [6, 6.07) is 5.26. The summed E-state index contributed by atoms with van der Waals surface area (Å²) in [4.78, 5) is 19.9. The zero-order valence-electron chi connectivity index (χ0n) is 15.5. The summed E-state index contributed by atoms with van der Waals surface area (Å²) >= 11 is 6.17. The van der Waals surface area contributed by atoms with Crippen LogP contribution in [-0.2, 0) is 6.54 Å². The molecule has 27 heavy (non-hydrogen) atoms. The van der Waals surface area contributed by atoms with Crippen molar-refractivity contribution in [3.05, 3.63) is 82.7 Å². The van der Waals surface area contributed by atoms with Crippen molar-refractivity contribution >= 4 is 23.6 Å². The smallest absolute Gasteiger partial charge is 0.170 e. The summed E-state index contributed by atoms with van der Waals surface area (Å²) in [5.74, 6) is 0.192. The van der Waals surface area contributed by atoms with Gasteiger partial charge in [0.1, 0.15) is 17.3 Å². The average molecular weight is 386 g/mol. The number of hydrogen-bond acceptors (Lipinski definition) is 3. The number of carbonyl (C=O) groups is 1. The molecule has 2 aromatic rings. The average Bonchev–Trinajstić information content (AvgIpc) is 3.05. The Labute approximate surface area is 163 Å². The Morgan fingerprint density at radius 2 is 2.11 bits per heavy atom. The largest absolute Gasteiger partial charge is 0.301 e. The molecule has 0 radical (unpaired) electrons. The van der Waals surface area contributed by atoms with Gasteiger partial charge in [-0.25, -0.2) is 9.37 Å². The van der Waals surface area contributed by atoms with E-state index >= 15 is 0 Å². The van der Waals surface area contributed by atoms with Crippen molar-refractivity contribution in [2.75, 3.05) is 0 Å². The van der Waals surface area contributed by atoms with Crippen LogP contribution >= 0.6 is 11.6 Å². The minimum atomic E-state index is -0.405. The van der Waals surface area contributed by atoms with E-state index in [0.29, 0.717) is 39.7 Å². The van der Waals surface area contributed by atoms with Crippen LogP contribution in [0.4, 0.5) is 4.39 Å². The predicted octanol–water partition coefficient (Wildman–Crippen LogP) is 5.65. The fraction of sp³-hybridized carbons (Fsp3) is 0.190. The molecule has 0 unspecified atom stereocenters.